The zero-order valence-electron chi connectivity index (χ0n) is 8.26. The maximum atomic E-state index is 8.67. The number of nitrogens with one attached hydrogen (secondary N) is 1. The van der Waals surface area contributed by atoms with Crippen molar-refractivity contribution in [1.29, 1.82) is 0 Å². The summed E-state index contributed by atoms with van der Waals surface area (Å²) < 4.78 is 0. The van der Waals surface area contributed by atoms with E-state index in [0.29, 0.717) is 12.0 Å². The Labute approximate surface area is 80.1 Å². The molecule has 2 saturated heterocycles. The maximum absolute atomic E-state index is 8.67. The van der Waals surface area contributed by atoms with Gasteiger partial charge in [0.05, 0.1) is 0 Å². The lowest BCUT2D eigenvalue weighted by atomic mass is 9.81. The summed E-state index contributed by atoms with van der Waals surface area (Å²) in [6.07, 6.45) is 3.49. The summed E-state index contributed by atoms with van der Waals surface area (Å²) in [5.74, 6) is 0. The summed E-state index contributed by atoms with van der Waals surface area (Å²) in [7, 11) is 0. The highest BCUT2D eigenvalue weighted by atomic mass is 16.2. The second kappa shape index (κ2) is 3.95. The Kier molecular flexibility index (Phi) is 2.86. The molecule has 0 bridgehead atoms. The summed E-state index contributed by atoms with van der Waals surface area (Å²) in [6, 6.07) is 0. The molecule has 0 radical (unpaired) electrons. The van der Waals surface area contributed by atoms with Crippen molar-refractivity contribution < 1.29 is 5.11 Å². The lowest BCUT2D eigenvalue weighted by Gasteiger charge is -2.39. The number of nitrogens with zero attached hydrogens (tertiary/aromatic N) is 1. The Morgan fingerprint density at radius 3 is 2.69 bits per heavy atom. The van der Waals surface area contributed by atoms with Crippen LogP contribution in [0.2, 0.25) is 0 Å². The van der Waals surface area contributed by atoms with Gasteiger partial charge in [-0.25, -0.2) is 0 Å². The highest BCUT2D eigenvalue weighted by molar-refractivity contribution is 4.99. The molecular weight excluding hydrogens is 164 g/mol. The van der Waals surface area contributed by atoms with Gasteiger partial charge in [-0.1, -0.05) is 0 Å². The number of hydrogen-bond donors (Lipinski definition) is 2. The second-order valence-corrected chi connectivity index (χ2v) is 4.56. The van der Waals surface area contributed by atoms with E-state index in [-0.39, 0.29) is 0 Å². The molecule has 0 amide bonds. The van der Waals surface area contributed by atoms with Crippen molar-refractivity contribution in [2.75, 3.05) is 39.3 Å². The minimum atomic E-state index is 0.348. The van der Waals surface area contributed by atoms with Gasteiger partial charge in [0.1, 0.15) is 0 Å². The van der Waals surface area contributed by atoms with Gasteiger partial charge in [-0.2, -0.15) is 0 Å². The predicted octanol–water partition coefficient (Wildman–Crippen LogP) is 0.0542. The molecule has 2 N–H and O–H groups in total. The molecule has 3 nitrogen and oxygen atoms in total. The summed E-state index contributed by atoms with van der Waals surface area (Å²) in [4.78, 5) is 2.55. The van der Waals surface area contributed by atoms with Gasteiger partial charge >= 0.3 is 0 Å². The van der Waals surface area contributed by atoms with Gasteiger partial charge in [0.25, 0.3) is 0 Å². The van der Waals surface area contributed by atoms with Gasteiger partial charge in [-0.15, -0.1) is 0 Å². The SMILES string of the molecule is OCCCCN1CCC2(CNC2)C1. The normalized spacial score (nSPS) is 26.5. The summed E-state index contributed by atoms with van der Waals surface area (Å²) in [5.41, 5.74) is 0.638. The molecule has 0 saturated carbocycles. The molecule has 3 heteroatoms. The van der Waals surface area contributed by atoms with Crippen LogP contribution in [0, 0.1) is 5.41 Å². The zero-order chi connectivity index (χ0) is 9.15. The average molecular weight is 184 g/mol. The van der Waals surface area contributed by atoms with Crippen LogP contribution >= 0.6 is 0 Å². The number of aliphatic hydroxyl groups excluding tert-OH is 1. The number of aliphatic hydroxyl groups is 1. The fourth-order valence-electron chi connectivity index (χ4n) is 2.43. The predicted molar refractivity (Wildman–Crippen MR) is 52.7 cm³/mol. The van der Waals surface area contributed by atoms with Gasteiger partial charge in [-0.3, -0.25) is 0 Å². The van der Waals surface area contributed by atoms with Gasteiger partial charge in [0.2, 0.25) is 0 Å². The first-order chi connectivity index (χ1) is 6.35. The van der Waals surface area contributed by atoms with Crippen molar-refractivity contribution in [3.05, 3.63) is 0 Å². The van der Waals surface area contributed by atoms with Gasteiger partial charge in [0.15, 0.2) is 0 Å². The monoisotopic (exact) mass is 184 g/mol. The fraction of sp³-hybridized carbons (Fsp3) is 1.00. The highest BCUT2D eigenvalue weighted by Crippen LogP contribution is 2.33. The Hall–Kier alpha value is -0.120. The van der Waals surface area contributed by atoms with E-state index in [2.05, 4.69) is 10.2 Å². The first-order valence-electron chi connectivity index (χ1n) is 5.39. The molecule has 0 aliphatic carbocycles. The number of likely N-dealkylation sites (tertiary alicyclic amines) is 1. The molecule has 13 heavy (non-hydrogen) atoms. The van der Waals surface area contributed by atoms with E-state index in [1.807, 2.05) is 0 Å². The van der Waals surface area contributed by atoms with Crippen molar-refractivity contribution in [1.82, 2.24) is 10.2 Å². The van der Waals surface area contributed by atoms with Crippen LogP contribution in [0.1, 0.15) is 19.3 Å². The third-order valence-corrected chi connectivity index (χ3v) is 3.40. The molecule has 0 atom stereocenters. The van der Waals surface area contributed by atoms with E-state index in [1.54, 1.807) is 0 Å². The summed E-state index contributed by atoms with van der Waals surface area (Å²) in [5, 5.41) is 12.0. The Bertz CT molecular complexity index is 168. The minimum absolute atomic E-state index is 0.348. The van der Waals surface area contributed by atoms with Crippen LogP contribution in [0.5, 0.6) is 0 Å². The van der Waals surface area contributed by atoms with Crippen molar-refractivity contribution >= 4 is 0 Å². The molecule has 1 spiro atoms. The molecule has 0 unspecified atom stereocenters. The maximum Gasteiger partial charge on any atom is 0.0431 e. The molecule has 2 heterocycles. The van der Waals surface area contributed by atoms with Crippen molar-refractivity contribution in [3.63, 3.8) is 0 Å². The van der Waals surface area contributed by atoms with Crippen LogP contribution in [0.25, 0.3) is 0 Å². The third-order valence-electron chi connectivity index (χ3n) is 3.40. The molecule has 2 fully saturated rings. The van der Waals surface area contributed by atoms with Crippen molar-refractivity contribution in [2.24, 2.45) is 5.41 Å². The van der Waals surface area contributed by atoms with Crippen molar-refractivity contribution in [3.8, 4) is 0 Å². The number of unbranched alkanes of at least 4 members (excludes halogenated alkanes) is 1. The topological polar surface area (TPSA) is 35.5 Å². The molecule has 76 valence electrons. The van der Waals surface area contributed by atoms with E-state index in [0.717, 1.165) is 12.8 Å². The standard InChI is InChI=1S/C10H20N2O/c13-6-2-1-4-12-5-3-10(9-12)7-11-8-10/h11,13H,1-9H2. The fourth-order valence-corrected chi connectivity index (χ4v) is 2.43. The first-order valence-corrected chi connectivity index (χ1v) is 5.39. The lowest BCUT2D eigenvalue weighted by molar-refractivity contribution is 0.167. The van der Waals surface area contributed by atoms with E-state index in [9.17, 15) is 0 Å². The Morgan fingerprint density at radius 1 is 1.31 bits per heavy atom. The second-order valence-electron chi connectivity index (χ2n) is 4.56. The van der Waals surface area contributed by atoms with Crippen LogP contribution in [0.4, 0.5) is 0 Å². The summed E-state index contributed by atoms with van der Waals surface area (Å²) >= 11 is 0. The molecular formula is C10H20N2O. The zero-order valence-corrected chi connectivity index (χ0v) is 8.26. The molecule has 0 aromatic heterocycles. The molecule has 2 rings (SSSR count). The average Bonchev–Trinajstić information content (AvgIpc) is 2.49. The van der Waals surface area contributed by atoms with E-state index >= 15 is 0 Å². The van der Waals surface area contributed by atoms with E-state index in [4.69, 9.17) is 5.11 Å². The van der Waals surface area contributed by atoms with Crippen LogP contribution < -0.4 is 5.32 Å². The molecule has 2 aliphatic heterocycles. The third kappa shape index (κ3) is 2.03. The van der Waals surface area contributed by atoms with Gasteiger partial charge in [-0.05, 0) is 32.4 Å². The van der Waals surface area contributed by atoms with E-state index < -0.39 is 0 Å². The number of hydrogen-bond acceptors (Lipinski definition) is 3. The van der Waals surface area contributed by atoms with Gasteiger partial charge < -0.3 is 15.3 Å². The van der Waals surface area contributed by atoms with Crippen LogP contribution in [0.3, 0.4) is 0 Å². The minimum Gasteiger partial charge on any atom is -0.396 e. The molecule has 0 aromatic rings. The largest absolute Gasteiger partial charge is 0.396 e. The lowest BCUT2D eigenvalue weighted by Crippen LogP contribution is -2.54. The molecule has 0 aromatic carbocycles. The Morgan fingerprint density at radius 2 is 2.15 bits per heavy atom. The van der Waals surface area contributed by atoms with Crippen molar-refractivity contribution in [2.45, 2.75) is 19.3 Å². The Balaban J connectivity index is 1.66. The quantitative estimate of drug-likeness (QED) is 0.606. The highest BCUT2D eigenvalue weighted by Gasteiger charge is 2.42. The van der Waals surface area contributed by atoms with Crippen LogP contribution in [0.15, 0.2) is 0 Å². The van der Waals surface area contributed by atoms with Crippen LogP contribution in [-0.2, 0) is 0 Å². The molecule has 2 aliphatic rings. The van der Waals surface area contributed by atoms with Crippen LogP contribution in [-0.4, -0.2) is 49.3 Å². The number of rotatable bonds is 4. The first kappa shape index (κ1) is 9.44. The summed E-state index contributed by atoms with van der Waals surface area (Å²) in [6.45, 7) is 6.54. The van der Waals surface area contributed by atoms with Gasteiger partial charge in [0, 0.05) is 31.7 Å². The smallest absolute Gasteiger partial charge is 0.0431 e. The van der Waals surface area contributed by atoms with E-state index in [1.165, 1.54) is 39.1 Å².